The fourth-order valence-corrected chi connectivity index (χ4v) is 1.91. The molecule has 0 aliphatic carbocycles. The summed E-state index contributed by atoms with van der Waals surface area (Å²) in [6.45, 7) is 0. The molecule has 0 bridgehead atoms. The van der Waals surface area contributed by atoms with Gasteiger partial charge in [0, 0.05) is 0 Å². The molecular weight excluding hydrogens is 244 g/mol. The summed E-state index contributed by atoms with van der Waals surface area (Å²) in [7, 11) is 1.60. The molecule has 0 aliphatic heterocycles. The number of ether oxygens (including phenoxy) is 1. The lowest BCUT2D eigenvalue weighted by Crippen LogP contribution is -2.04. The van der Waals surface area contributed by atoms with Gasteiger partial charge in [-0.3, -0.25) is 4.57 Å². The van der Waals surface area contributed by atoms with E-state index in [2.05, 4.69) is 10.2 Å². The highest BCUT2D eigenvalue weighted by molar-refractivity contribution is 5.59. The van der Waals surface area contributed by atoms with E-state index < -0.39 is 0 Å². The van der Waals surface area contributed by atoms with Gasteiger partial charge < -0.3 is 14.9 Å². The molecule has 19 heavy (non-hydrogen) atoms. The first-order valence-corrected chi connectivity index (χ1v) is 5.69. The molecule has 96 valence electrons. The Labute approximate surface area is 109 Å². The largest absolute Gasteiger partial charge is 0.495 e. The van der Waals surface area contributed by atoms with Crippen molar-refractivity contribution in [1.82, 2.24) is 14.8 Å². The third kappa shape index (κ3) is 1.83. The van der Waals surface area contributed by atoms with Crippen LogP contribution in [0.3, 0.4) is 0 Å². The van der Waals surface area contributed by atoms with Crippen molar-refractivity contribution < 1.29 is 9.15 Å². The van der Waals surface area contributed by atoms with Crippen molar-refractivity contribution in [3.63, 3.8) is 0 Å². The summed E-state index contributed by atoms with van der Waals surface area (Å²) in [6, 6.07) is 11.1. The molecule has 1 aromatic carbocycles. The van der Waals surface area contributed by atoms with Crippen molar-refractivity contribution in [3.8, 4) is 23.0 Å². The fourth-order valence-electron chi connectivity index (χ4n) is 1.91. The maximum atomic E-state index is 5.90. The lowest BCUT2D eigenvalue weighted by molar-refractivity contribution is 0.413. The third-order valence-electron chi connectivity index (χ3n) is 2.76. The quantitative estimate of drug-likeness (QED) is 0.776. The Morgan fingerprint density at radius 1 is 1.16 bits per heavy atom. The molecular formula is C13H12N4O2. The number of para-hydroxylation sites is 2. The van der Waals surface area contributed by atoms with Crippen LogP contribution in [-0.4, -0.2) is 21.9 Å². The monoisotopic (exact) mass is 256 g/mol. The molecule has 0 spiro atoms. The summed E-state index contributed by atoms with van der Waals surface area (Å²) < 4.78 is 12.4. The van der Waals surface area contributed by atoms with Crippen LogP contribution in [0.4, 0.5) is 5.95 Å². The topological polar surface area (TPSA) is 79.1 Å². The van der Waals surface area contributed by atoms with Gasteiger partial charge in [-0.2, -0.15) is 0 Å². The molecule has 6 heteroatoms. The molecule has 0 radical (unpaired) electrons. The highest BCUT2D eigenvalue weighted by atomic mass is 16.5. The summed E-state index contributed by atoms with van der Waals surface area (Å²) in [4.78, 5) is 0. The maximum Gasteiger partial charge on any atom is 0.227 e. The van der Waals surface area contributed by atoms with Gasteiger partial charge >= 0.3 is 0 Å². The van der Waals surface area contributed by atoms with Gasteiger partial charge in [0.15, 0.2) is 5.76 Å². The van der Waals surface area contributed by atoms with Gasteiger partial charge in [0.25, 0.3) is 0 Å². The predicted octanol–water partition coefficient (Wildman–Crippen LogP) is 2.12. The lowest BCUT2D eigenvalue weighted by atomic mass is 10.3. The van der Waals surface area contributed by atoms with E-state index in [1.54, 1.807) is 30.1 Å². The number of aromatic nitrogens is 3. The average molecular weight is 256 g/mol. The zero-order valence-electron chi connectivity index (χ0n) is 10.3. The molecule has 0 unspecified atom stereocenters. The van der Waals surface area contributed by atoms with Gasteiger partial charge in [-0.1, -0.05) is 12.1 Å². The predicted molar refractivity (Wildman–Crippen MR) is 70.0 cm³/mol. The second-order valence-corrected chi connectivity index (χ2v) is 3.87. The molecule has 2 N–H and O–H groups in total. The summed E-state index contributed by atoms with van der Waals surface area (Å²) in [5.74, 6) is 2.08. The molecule has 3 rings (SSSR count). The van der Waals surface area contributed by atoms with Gasteiger partial charge in [0.2, 0.25) is 11.8 Å². The van der Waals surface area contributed by atoms with Crippen LogP contribution in [-0.2, 0) is 0 Å². The molecule has 3 aromatic rings. The number of hydrogen-bond donors (Lipinski definition) is 1. The molecule has 0 fully saturated rings. The first-order valence-electron chi connectivity index (χ1n) is 5.69. The molecule has 0 atom stereocenters. The third-order valence-corrected chi connectivity index (χ3v) is 2.76. The number of nitrogen functional groups attached to an aromatic ring is 1. The van der Waals surface area contributed by atoms with Gasteiger partial charge in [-0.15, -0.1) is 10.2 Å². The van der Waals surface area contributed by atoms with E-state index in [4.69, 9.17) is 14.9 Å². The Morgan fingerprint density at radius 2 is 2.00 bits per heavy atom. The van der Waals surface area contributed by atoms with E-state index in [0.29, 0.717) is 17.3 Å². The van der Waals surface area contributed by atoms with Crippen molar-refractivity contribution in [2.45, 2.75) is 0 Å². The maximum absolute atomic E-state index is 5.90. The molecule has 0 amide bonds. The van der Waals surface area contributed by atoms with Crippen molar-refractivity contribution in [2.75, 3.05) is 12.8 Å². The first-order chi connectivity index (χ1) is 9.31. The van der Waals surface area contributed by atoms with Gasteiger partial charge in [-0.05, 0) is 24.3 Å². The number of rotatable bonds is 3. The van der Waals surface area contributed by atoms with E-state index in [9.17, 15) is 0 Å². The highest BCUT2D eigenvalue weighted by Crippen LogP contribution is 2.29. The van der Waals surface area contributed by atoms with Crippen LogP contribution in [0.25, 0.3) is 17.3 Å². The number of nitrogens with two attached hydrogens (primary N) is 1. The van der Waals surface area contributed by atoms with E-state index in [1.807, 2.05) is 24.3 Å². The summed E-state index contributed by atoms with van der Waals surface area (Å²) >= 11 is 0. The molecule has 2 heterocycles. The summed E-state index contributed by atoms with van der Waals surface area (Å²) in [5, 5.41) is 7.95. The minimum absolute atomic E-state index is 0.274. The van der Waals surface area contributed by atoms with Crippen LogP contribution in [0.1, 0.15) is 0 Å². The number of anilines is 1. The van der Waals surface area contributed by atoms with Crippen LogP contribution in [0, 0.1) is 0 Å². The highest BCUT2D eigenvalue weighted by Gasteiger charge is 2.17. The van der Waals surface area contributed by atoms with Crippen LogP contribution in [0.15, 0.2) is 47.1 Å². The zero-order valence-corrected chi connectivity index (χ0v) is 10.3. The molecule has 6 nitrogen and oxygen atoms in total. The minimum Gasteiger partial charge on any atom is -0.495 e. The van der Waals surface area contributed by atoms with E-state index in [-0.39, 0.29) is 5.95 Å². The summed E-state index contributed by atoms with van der Waals surface area (Å²) in [5.41, 5.74) is 6.66. The molecule has 0 saturated heterocycles. The Kier molecular flexibility index (Phi) is 2.68. The summed E-state index contributed by atoms with van der Waals surface area (Å²) in [6.07, 6.45) is 1.58. The van der Waals surface area contributed by atoms with Crippen LogP contribution in [0.2, 0.25) is 0 Å². The second-order valence-electron chi connectivity index (χ2n) is 3.87. The lowest BCUT2D eigenvalue weighted by Gasteiger charge is -2.11. The first kappa shape index (κ1) is 11.3. The van der Waals surface area contributed by atoms with E-state index in [0.717, 1.165) is 5.69 Å². The number of nitrogens with zero attached hydrogens (tertiary/aromatic N) is 3. The second kappa shape index (κ2) is 4.49. The average Bonchev–Trinajstić information content (AvgIpc) is 3.07. The normalized spacial score (nSPS) is 10.6. The van der Waals surface area contributed by atoms with Crippen molar-refractivity contribution >= 4 is 5.95 Å². The Balaban J connectivity index is 2.23. The Hall–Kier alpha value is -2.76. The van der Waals surface area contributed by atoms with Crippen molar-refractivity contribution in [2.24, 2.45) is 0 Å². The zero-order chi connectivity index (χ0) is 13.2. The molecule has 0 saturated carbocycles. The smallest absolute Gasteiger partial charge is 0.227 e. The SMILES string of the molecule is COc1ccccc1-n1c(N)nnc1-c1ccco1. The Morgan fingerprint density at radius 3 is 2.74 bits per heavy atom. The fraction of sp³-hybridized carbons (Fsp3) is 0.0769. The standard InChI is InChI=1S/C13H12N4O2/c1-18-10-6-3-2-5-9(10)17-12(15-16-13(17)14)11-7-4-8-19-11/h2-8H,1H3,(H2,14,16). The number of hydrogen-bond acceptors (Lipinski definition) is 5. The van der Waals surface area contributed by atoms with Gasteiger partial charge in [0.05, 0.1) is 19.1 Å². The van der Waals surface area contributed by atoms with Gasteiger partial charge in [0.1, 0.15) is 5.75 Å². The van der Waals surface area contributed by atoms with E-state index in [1.165, 1.54) is 0 Å². The van der Waals surface area contributed by atoms with E-state index >= 15 is 0 Å². The van der Waals surface area contributed by atoms with Crippen LogP contribution in [0.5, 0.6) is 5.75 Å². The van der Waals surface area contributed by atoms with Crippen LogP contribution < -0.4 is 10.5 Å². The van der Waals surface area contributed by atoms with Crippen molar-refractivity contribution in [3.05, 3.63) is 42.7 Å². The molecule has 2 aromatic heterocycles. The minimum atomic E-state index is 0.274. The molecule has 0 aliphatic rings. The van der Waals surface area contributed by atoms with Crippen molar-refractivity contribution in [1.29, 1.82) is 0 Å². The number of benzene rings is 1. The number of furan rings is 1. The Bertz CT molecular complexity index is 688. The van der Waals surface area contributed by atoms with Crippen LogP contribution >= 0.6 is 0 Å². The van der Waals surface area contributed by atoms with Gasteiger partial charge in [-0.25, -0.2) is 0 Å². The number of methoxy groups -OCH3 is 1.